The van der Waals surface area contributed by atoms with Gasteiger partial charge in [0.25, 0.3) is 0 Å². The first-order chi connectivity index (χ1) is 26.8. The standard InChI is InChI=1S/C52H35NO/c1-4-13-36(14-5-1)38-23-29-43(30-24-38)53(44-31-25-39(26-32-44)37-15-6-2-7-16-37)45-33-27-41(28-34-45)46-21-12-22-49-50(46)51-47-20-11-10-19-42(47)35-48(52(51)54-49)40-17-8-3-9-18-40/h1-35H. The Hall–Kier alpha value is -7.16. The van der Waals surface area contributed by atoms with Crippen molar-refractivity contribution in [2.75, 3.05) is 4.90 Å². The molecule has 10 rings (SSSR count). The van der Waals surface area contributed by atoms with Gasteiger partial charge in [-0.15, -0.1) is 0 Å². The Labute approximate surface area is 314 Å². The molecule has 9 aromatic carbocycles. The van der Waals surface area contributed by atoms with E-state index in [0.717, 1.165) is 61.3 Å². The number of anilines is 3. The van der Waals surface area contributed by atoms with E-state index >= 15 is 0 Å². The number of rotatable bonds is 7. The monoisotopic (exact) mass is 689 g/mol. The minimum atomic E-state index is 0.888. The molecule has 0 bridgehead atoms. The van der Waals surface area contributed by atoms with Crippen LogP contribution in [0.15, 0.2) is 217 Å². The summed E-state index contributed by atoms with van der Waals surface area (Å²) in [5.41, 5.74) is 14.4. The van der Waals surface area contributed by atoms with Gasteiger partial charge in [-0.05, 0) is 98.2 Å². The van der Waals surface area contributed by atoms with Crippen LogP contribution >= 0.6 is 0 Å². The maximum Gasteiger partial charge on any atom is 0.143 e. The Morgan fingerprint density at radius 3 is 1.31 bits per heavy atom. The topological polar surface area (TPSA) is 16.4 Å². The minimum Gasteiger partial charge on any atom is -0.455 e. The van der Waals surface area contributed by atoms with Crippen LogP contribution in [0.1, 0.15) is 0 Å². The van der Waals surface area contributed by atoms with Crippen molar-refractivity contribution in [3.05, 3.63) is 212 Å². The van der Waals surface area contributed by atoms with Crippen LogP contribution in [0, 0.1) is 0 Å². The van der Waals surface area contributed by atoms with Crippen LogP contribution in [0.2, 0.25) is 0 Å². The highest BCUT2D eigenvalue weighted by molar-refractivity contribution is 6.25. The highest BCUT2D eigenvalue weighted by Crippen LogP contribution is 2.45. The summed E-state index contributed by atoms with van der Waals surface area (Å²) in [6.07, 6.45) is 0. The molecule has 0 fully saturated rings. The summed E-state index contributed by atoms with van der Waals surface area (Å²) in [5, 5.41) is 4.68. The van der Waals surface area contributed by atoms with Crippen molar-refractivity contribution in [3.63, 3.8) is 0 Å². The van der Waals surface area contributed by atoms with Crippen molar-refractivity contribution in [3.8, 4) is 44.5 Å². The van der Waals surface area contributed by atoms with E-state index in [1.165, 1.54) is 33.0 Å². The summed E-state index contributed by atoms with van der Waals surface area (Å²) < 4.78 is 6.76. The molecule has 0 saturated heterocycles. The van der Waals surface area contributed by atoms with Gasteiger partial charge < -0.3 is 9.32 Å². The van der Waals surface area contributed by atoms with Crippen LogP contribution in [0.3, 0.4) is 0 Å². The van der Waals surface area contributed by atoms with Crippen molar-refractivity contribution < 1.29 is 4.42 Å². The Balaban J connectivity index is 1.10. The van der Waals surface area contributed by atoms with Gasteiger partial charge in [-0.2, -0.15) is 0 Å². The zero-order chi connectivity index (χ0) is 35.8. The molecule has 0 radical (unpaired) electrons. The van der Waals surface area contributed by atoms with E-state index < -0.39 is 0 Å². The van der Waals surface area contributed by atoms with E-state index in [9.17, 15) is 0 Å². The summed E-state index contributed by atoms with van der Waals surface area (Å²) in [4.78, 5) is 2.33. The van der Waals surface area contributed by atoms with Gasteiger partial charge in [0, 0.05) is 33.4 Å². The Morgan fingerprint density at radius 1 is 0.315 bits per heavy atom. The third-order valence-electron chi connectivity index (χ3n) is 10.5. The first-order valence-electron chi connectivity index (χ1n) is 18.4. The predicted octanol–water partition coefficient (Wildman–Crippen LogP) is 14.9. The predicted molar refractivity (Wildman–Crippen MR) is 228 cm³/mol. The molecule has 0 atom stereocenters. The third-order valence-corrected chi connectivity index (χ3v) is 10.5. The maximum absolute atomic E-state index is 6.76. The molecule has 2 nitrogen and oxygen atoms in total. The van der Waals surface area contributed by atoms with Crippen LogP contribution in [0.4, 0.5) is 17.1 Å². The molecule has 2 heteroatoms. The van der Waals surface area contributed by atoms with Crippen LogP contribution < -0.4 is 4.90 Å². The molecule has 0 unspecified atom stereocenters. The van der Waals surface area contributed by atoms with Gasteiger partial charge >= 0.3 is 0 Å². The Kier molecular flexibility index (Phi) is 7.85. The van der Waals surface area contributed by atoms with Crippen molar-refractivity contribution >= 4 is 49.8 Å². The molecular formula is C52H35NO. The Bertz CT molecular complexity index is 2790. The maximum atomic E-state index is 6.76. The van der Waals surface area contributed by atoms with Crippen molar-refractivity contribution in [2.24, 2.45) is 0 Å². The molecule has 10 aromatic rings. The summed E-state index contributed by atoms with van der Waals surface area (Å²) in [6, 6.07) is 75.6. The van der Waals surface area contributed by atoms with Gasteiger partial charge in [0.05, 0.1) is 0 Å². The lowest BCUT2D eigenvalue weighted by Crippen LogP contribution is -2.09. The molecule has 54 heavy (non-hydrogen) atoms. The quantitative estimate of drug-likeness (QED) is 0.166. The van der Waals surface area contributed by atoms with E-state index in [4.69, 9.17) is 4.42 Å². The number of nitrogens with zero attached hydrogens (tertiary/aromatic N) is 1. The van der Waals surface area contributed by atoms with Gasteiger partial charge in [-0.25, -0.2) is 0 Å². The highest BCUT2D eigenvalue weighted by Gasteiger charge is 2.20. The second-order valence-corrected chi connectivity index (χ2v) is 13.7. The fourth-order valence-electron chi connectivity index (χ4n) is 7.84. The normalized spacial score (nSPS) is 11.3. The number of benzene rings is 9. The molecule has 0 N–H and O–H groups in total. The smallest absolute Gasteiger partial charge is 0.143 e. The second-order valence-electron chi connectivity index (χ2n) is 13.7. The van der Waals surface area contributed by atoms with Gasteiger partial charge in [-0.1, -0.05) is 164 Å². The lowest BCUT2D eigenvalue weighted by Gasteiger charge is -2.26. The van der Waals surface area contributed by atoms with E-state index in [2.05, 4.69) is 217 Å². The largest absolute Gasteiger partial charge is 0.455 e. The van der Waals surface area contributed by atoms with Crippen molar-refractivity contribution in [1.82, 2.24) is 0 Å². The minimum absolute atomic E-state index is 0.888. The molecule has 0 aliphatic heterocycles. The number of hydrogen-bond donors (Lipinski definition) is 0. The first kappa shape index (κ1) is 31.6. The van der Waals surface area contributed by atoms with Gasteiger partial charge in [0.15, 0.2) is 0 Å². The Morgan fingerprint density at radius 2 is 0.759 bits per heavy atom. The summed E-state index contributed by atoms with van der Waals surface area (Å²) in [5.74, 6) is 0. The lowest BCUT2D eigenvalue weighted by molar-refractivity contribution is 0.670. The molecule has 1 heterocycles. The van der Waals surface area contributed by atoms with Crippen LogP contribution in [0.5, 0.6) is 0 Å². The van der Waals surface area contributed by atoms with E-state index in [1.807, 2.05) is 0 Å². The number of fused-ring (bicyclic) bond motifs is 5. The van der Waals surface area contributed by atoms with Crippen LogP contribution in [0.25, 0.3) is 77.2 Å². The van der Waals surface area contributed by atoms with Gasteiger partial charge in [-0.3, -0.25) is 0 Å². The zero-order valence-electron chi connectivity index (χ0n) is 29.6. The highest BCUT2D eigenvalue weighted by atomic mass is 16.3. The molecule has 0 saturated carbocycles. The SMILES string of the molecule is c1ccc(-c2ccc(N(c3ccc(-c4ccccc4)cc3)c3ccc(-c4cccc5oc6c(-c7ccccc7)cc7ccccc7c6c45)cc3)cc2)cc1. The van der Waals surface area contributed by atoms with Gasteiger partial charge in [0.1, 0.15) is 11.2 Å². The molecule has 0 aliphatic rings. The zero-order valence-corrected chi connectivity index (χ0v) is 29.6. The molecular weight excluding hydrogens is 655 g/mol. The average molecular weight is 690 g/mol. The average Bonchev–Trinajstić information content (AvgIpc) is 3.66. The summed E-state index contributed by atoms with van der Waals surface area (Å²) >= 11 is 0. The van der Waals surface area contributed by atoms with Crippen LogP contribution in [-0.2, 0) is 0 Å². The fraction of sp³-hybridized carbons (Fsp3) is 0. The molecule has 0 amide bonds. The third kappa shape index (κ3) is 5.62. The van der Waals surface area contributed by atoms with E-state index in [-0.39, 0.29) is 0 Å². The number of hydrogen-bond acceptors (Lipinski definition) is 2. The molecule has 0 aliphatic carbocycles. The summed E-state index contributed by atoms with van der Waals surface area (Å²) in [7, 11) is 0. The van der Waals surface area contributed by atoms with Crippen molar-refractivity contribution in [2.45, 2.75) is 0 Å². The molecule has 1 aromatic heterocycles. The van der Waals surface area contributed by atoms with Crippen LogP contribution in [-0.4, -0.2) is 0 Å². The van der Waals surface area contributed by atoms with E-state index in [0.29, 0.717) is 0 Å². The second kappa shape index (κ2) is 13.4. The summed E-state index contributed by atoms with van der Waals surface area (Å²) in [6.45, 7) is 0. The first-order valence-corrected chi connectivity index (χ1v) is 18.4. The molecule has 254 valence electrons. The number of furan rings is 1. The molecule has 0 spiro atoms. The fourth-order valence-corrected chi connectivity index (χ4v) is 7.84. The van der Waals surface area contributed by atoms with Gasteiger partial charge in [0.2, 0.25) is 0 Å². The van der Waals surface area contributed by atoms with E-state index in [1.54, 1.807) is 0 Å². The van der Waals surface area contributed by atoms with Crippen molar-refractivity contribution in [1.29, 1.82) is 0 Å². The lowest BCUT2D eigenvalue weighted by atomic mass is 9.93.